The minimum atomic E-state index is -1.16. The molecule has 0 aliphatic carbocycles. The van der Waals surface area contributed by atoms with Crippen LogP contribution in [0.4, 0.5) is 0 Å². The monoisotopic (exact) mass is 1150 g/mol. The third kappa shape index (κ3) is 62.4. The Morgan fingerprint density at radius 2 is 0.637 bits per heavy atom. The molecule has 0 heterocycles. The molecule has 23 nitrogen and oxygen atoms in total. The van der Waals surface area contributed by atoms with Crippen molar-refractivity contribution < 1.29 is 91.0 Å². The molecule has 23 heteroatoms. The summed E-state index contributed by atoms with van der Waals surface area (Å²) in [6.07, 6.45) is 19.2. The van der Waals surface area contributed by atoms with E-state index in [9.17, 15) is 29.1 Å². The highest BCUT2D eigenvalue weighted by molar-refractivity contribution is 5.84. The number of carboxylic acid groups (broad SMARTS) is 2. The highest BCUT2D eigenvalue weighted by Gasteiger charge is 2.21. The van der Waals surface area contributed by atoms with Gasteiger partial charge in [0.2, 0.25) is 17.7 Å². The molecule has 2 unspecified atom stereocenters. The molecule has 0 aromatic heterocycles. The van der Waals surface area contributed by atoms with Crippen molar-refractivity contribution in [2.75, 3.05) is 179 Å². The topological polar surface area (TPSA) is 285 Å². The average molecular weight is 1160 g/mol. The molecular weight excluding hydrogens is 1040 g/mol. The van der Waals surface area contributed by atoms with E-state index in [0.29, 0.717) is 177 Å². The highest BCUT2D eigenvalue weighted by Crippen LogP contribution is 2.14. The van der Waals surface area contributed by atoms with Gasteiger partial charge in [-0.1, -0.05) is 83.5 Å². The van der Waals surface area contributed by atoms with Crippen LogP contribution in [0, 0.1) is 0 Å². The van der Waals surface area contributed by atoms with E-state index in [2.05, 4.69) is 28.2 Å². The molecule has 0 aliphatic rings. The van der Waals surface area contributed by atoms with E-state index in [4.69, 9.17) is 61.9 Å². The Hall–Kier alpha value is -3.17. The molecule has 0 spiro atoms. The number of carboxylic acids is 2. The Labute approximate surface area is 479 Å². The lowest BCUT2D eigenvalue weighted by atomic mass is 10.0. The molecular formula is C57H110N4O19. The second-order valence-electron chi connectivity index (χ2n) is 19.3. The van der Waals surface area contributed by atoms with Crippen LogP contribution in [0.3, 0.4) is 0 Å². The second kappa shape index (κ2) is 63.4. The van der Waals surface area contributed by atoms with Gasteiger partial charge in [-0.05, 0) is 46.1 Å². The van der Waals surface area contributed by atoms with E-state index in [0.717, 1.165) is 57.8 Å². The summed E-state index contributed by atoms with van der Waals surface area (Å²) in [5.74, 6) is -2.47. The summed E-state index contributed by atoms with van der Waals surface area (Å²) >= 11 is 0. The number of carbonyl (C=O) groups is 5. The largest absolute Gasteiger partial charge is 0.481 e. The first-order valence-electron chi connectivity index (χ1n) is 30.0. The van der Waals surface area contributed by atoms with Gasteiger partial charge in [0, 0.05) is 44.8 Å². The molecule has 0 saturated carbocycles. The number of hydrogen-bond acceptors (Lipinski definition) is 18. The van der Waals surface area contributed by atoms with Gasteiger partial charge in [-0.25, -0.2) is 4.79 Å². The van der Waals surface area contributed by atoms with E-state index in [1.165, 1.54) is 44.9 Å². The first-order chi connectivity index (χ1) is 39.1. The molecule has 3 amide bonds. The smallest absolute Gasteiger partial charge is 0.326 e. The summed E-state index contributed by atoms with van der Waals surface area (Å²) in [4.78, 5) is 58.7. The van der Waals surface area contributed by atoms with Crippen molar-refractivity contribution >= 4 is 29.7 Å². The Bertz CT molecular complexity index is 1390. The van der Waals surface area contributed by atoms with Crippen LogP contribution in [0.2, 0.25) is 0 Å². The molecule has 80 heavy (non-hydrogen) atoms. The molecule has 0 saturated heterocycles. The van der Waals surface area contributed by atoms with Crippen LogP contribution >= 0.6 is 0 Å². The van der Waals surface area contributed by atoms with Crippen LogP contribution in [-0.2, 0) is 80.8 Å². The summed E-state index contributed by atoms with van der Waals surface area (Å²) in [6.45, 7) is 13.6. The van der Waals surface area contributed by atoms with Crippen molar-refractivity contribution in [3.05, 3.63) is 0 Å². The molecule has 0 aliphatic heterocycles. The van der Waals surface area contributed by atoms with Gasteiger partial charge in [-0.15, -0.1) is 0 Å². The second-order valence-corrected chi connectivity index (χ2v) is 19.3. The van der Waals surface area contributed by atoms with Gasteiger partial charge in [0.05, 0.1) is 159 Å². The van der Waals surface area contributed by atoms with Gasteiger partial charge in [-0.2, -0.15) is 0 Å². The normalized spacial score (nSPS) is 12.2. The zero-order valence-corrected chi connectivity index (χ0v) is 49.4. The quantitative estimate of drug-likeness (QED) is 0.0423. The van der Waals surface area contributed by atoms with E-state index < -0.39 is 18.0 Å². The minimum Gasteiger partial charge on any atom is -0.481 e. The van der Waals surface area contributed by atoms with Gasteiger partial charge in [0.25, 0.3) is 0 Å². The maximum Gasteiger partial charge on any atom is 0.326 e. The fourth-order valence-corrected chi connectivity index (χ4v) is 7.56. The zero-order valence-electron chi connectivity index (χ0n) is 49.4. The van der Waals surface area contributed by atoms with Gasteiger partial charge >= 0.3 is 11.9 Å². The van der Waals surface area contributed by atoms with E-state index in [1.807, 2.05) is 7.05 Å². The van der Waals surface area contributed by atoms with Crippen molar-refractivity contribution in [2.24, 2.45) is 0 Å². The first-order valence-corrected chi connectivity index (χ1v) is 30.0. The third-order valence-electron chi connectivity index (χ3n) is 12.4. The standard InChI is InChI=1S/C57H110N4O19/c1-51(58-2)19-17-18-25-59-54(63)24-27-69-29-31-71-33-35-73-37-39-75-41-43-77-45-47-79-49-50-80-48-46-78-44-42-76-40-38-74-36-34-72-32-30-70-28-26-60-53(62)23-22-52(57(67)68)61-55(64)20-15-13-11-9-7-5-3-4-6-8-10-12-14-16-21-56(65)66/h51-52,58H,3-50H2,1-2H3,(H,59,63)(H,60,62)(H,61,64)(H,65,66)(H,67,68). The molecule has 2 atom stereocenters. The Kier molecular flexibility index (Phi) is 60.9. The van der Waals surface area contributed by atoms with Gasteiger partial charge in [0.1, 0.15) is 6.04 Å². The molecule has 0 radical (unpaired) electrons. The lowest BCUT2D eigenvalue weighted by Crippen LogP contribution is -2.41. The number of amides is 3. The van der Waals surface area contributed by atoms with Crippen molar-refractivity contribution in [3.8, 4) is 0 Å². The van der Waals surface area contributed by atoms with E-state index in [-0.39, 0.29) is 56.6 Å². The first kappa shape index (κ1) is 76.8. The summed E-state index contributed by atoms with van der Waals surface area (Å²) < 4.78 is 66.0. The number of nitrogens with one attached hydrogen (secondary N) is 4. The summed E-state index contributed by atoms with van der Waals surface area (Å²) in [5.41, 5.74) is 0. The molecule has 0 rings (SSSR count). The number of rotatable bonds is 67. The SMILES string of the molecule is CNC(C)CCCCNC(=O)CCOCCOCCOCCOCCOCCOCCOCCOCCOCCOCCOCCOCCNC(=O)CCC(NC(=O)CCCCCCCCCCCCCCCCC(=O)O)C(=O)O. The molecule has 472 valence electrons. The maximum absolute atomic E-state index is 12.4. The summed E-state index contributed by atoms with van der Waals surface area (Å²) in [7, 11) is 1.96. The predicted molar refractivity (Wildman–Crippen MR) is 303 cm³/mol. The Morgan fingerprint density at radius 1 is 0.325 bits per heavy atom. The van der Waals surface area contributed by atoms with Crippen molar-refractivity contribution in [3.63, 3.8) is 0 Å². The maximum atomic E-state index is 12.4. The van der Waals surface area contributed by atoms with Crippen LogP contribution in [0.25, 0.3) is 0 Å². The third-order valence-corrected chi connectivity index (χ3v) is 12.4. The number of unbranched alkanes of at least 4 members (excludes halogenated alkanes) is 14. The van der Waals surface area contributed by atoms with Crippen LogP contribution in [-0.4, -0.2) is 231 Å². The molecule has 0 aromatic carbocycles. The Balaban J connectivity index is 3.36. The molecule has 0 aromatic rings. The van der Waals surface area contributed by atoms with Crippen LogP contribution in [0.1, 0.15) is 148 Å². The van der Waals surface area contributed by atoms with E-state index in [1.54, 1.807) is 0 Å². The predicted octanol–water partition coefficient (Wildman–Crippen LogP) is 5.26. The van der Waals surface area contributed by atoms with Crippen molar-refractivity contribution in [2.45, 2.75) is 160 Å². The summed E-state index contributed by atoms with van der Waals surface area (Å²) in [5, 5.41) is 29.6. The fraction of sp³-hybridized carbons (Fsp3) is 0.912. The molecule has 6 N–H and O–H groups in total. The fourth-order valence-electron chi connectivity index (χ4n) is 7.56. The van der Waals surface area contributed by atoms with Gasteiger partial charge in [-0.3, -0.25) is 19.2 Å². The molecule has 0 fully saturated rings. The summed E-state index contributed by atoms with van der Waals surface area (Å²) in [6, 6.07) is -0.613. The lowest BCUT2D eigenvalue weighted by molar-refractivity contribution is -0.142. The van der Waals surface area contributed by atoms with E-state index >= 15 is 0 Å². The number of aliphatic carboxylic acids is 2. The van der Waals surface area contributed by atoms with Gasteiger partial charge in [0.15, 0.2) is 0 Å². The van der Waals surface area contributed by atoms with Crippen molar-refractivity contribution in [1.29, 1.82) is 0 Å². The van der Waals surface area contributed by atoms with Crippen LogP contribution < -0.4 is 21.3 Å². The zero-order chi connectivity index (χ0) is 58.3. The van der Waals surface area contributed by atoms with Crippen LogP contribution in [0.15, 0.2) is 0 Å². The average Bonchev–Trinajstić information content (AvgIpc) is 3.44. The number of hydrogen-bond donors (Lipinski definition) is 6. The lowest BCUT2D eigenvalue weighted by Gasteiger charge is -2.14. The van der Waals surface area contributed by atoms with Crippen molar-refractivity contribution in [1.82, 2.24) is 21.3 Å². The van der Waals surface area contributed by atoms with Gasteiger partial charge < -0.3 is 88.3 Å². The van der Waals surface area contributed by atoms with Crippen LogP contribution in [0.5, 0.6) is 0 Å². The number of carbonyl (C=O) groups excluding carboxylic acids is 3. The molecule has 0 bridgehead atoms. The number of ether oxygens (including phenoxy) is 12. The Morgan fingerprint density at radius 3 is 0.988 bits per heavy atom. The highest BCUT2D eigenvalue weighted by atomic mass is 16.6. The minimum absolute atomic E-state index is 0.00423.